The smallest absolute Gasteiger partial charge is 0.326 e. The van der Waals surface area contributed by atoms with Crippen LogP contribution in [0.25, 0.3) is 0 Å². The minimum absolute atomic E-state index is 0.127. The van der Waals surface area contributed by atoms with E-state index in [9.17, 15) is 14.4 Å². The molecule has 0 unspecified atom stereocenters. The fourth-order valence-corrected chi connectivity index (χ4v) is 3.55. The van der Waals surface area contributed by atoms with Gasteiger partial charge in [0.1, 0.15) is 26.2 Å². The van der Waals surface area contributed by atoms with E-state index in [1.165, 1.54) is 4.90 Å². The topological polar surface area (TPSA) is 96.2 Å². The van der Waals surface area contributed by atoms with Gasteiger partial charge in [0.15, 0.2) is 13.1 Å². The van der Waals surface area contributed by atoms with Crippen LogP contribution in [0.2, 0.25) is 0 Å². The number of urea groups is 1. The molecule has 0 aromatic heterocycles. The fraction of sp³-hybridized carbons (Fsp3) is 0.550. The lowest BCUT2D eigenvalue weighted by atomic mass is 10.1. The molecule has 1 saturated heterocycles. The second kappa shape index (κ2) is 9.16. The number of benzene rings is 1. The van der Waals surface area contributed by atoms with E-state index in [0.29, 0.717) is 18.3 Å². The van der Waals surface area contributed by atoms with E-state index in [1.54, 1.807) is 0 Å². The molecule has 1 aromatic carbocycles. The van der Waals surface area contributed by atoms with Gasteiger partial charge in [0, 0.05) is 11.7 Å². The van der Waals surface area contributed by atoms with Crippen LogP contribution < -0.4 is 25.8 Å². The molecule has 1 saturated carbocycles. The molecule has 0 bridgehead atoms. The summed E-state index contributed by atoms with van der Waals surface area (Å²) < 4.78 is 0. The molecule has 0 spiro atoms. The highest BCUT2D eigenvalue weighted by Gasteiger charge is 2.29. The van der Waals surface area contributed by atoms with E-state index in [4.69, 9.17) is 0 Å². The van der Waals surface area contributed by atoms with Crippen LogP contribution in [0, 0.1) is 13.8 Å². The summed E-state index contributed by atoms with van der Waals surface area (Å²) in [4.78, 5) is 38.5. The summed E-state index contributed by atoms with van der Waals surface area (Å²) in [6.45, 7) is 8.03. The Labute approximate surface area is 165 Å². The molecular formula is C20H31N5O3+2. The number of carbonyl (C=O) groups is 3. The molecule has 28 heavy (non-hydrogen) atoms. The van der Waals surface area contributed by atoms with Crippen molar-refractivity contribution in [1.82, 2.24) is 10.6 Å². The van der Waals surface area contributed by atoms with Gasteiger partial charge in [-0.25, -0.2) is 4.79 Å². The zero-order chi connectivity index (χ0) is 20.1. The molecule has 0 atom stereocenters. The summed E-state index contributed by atoms with van der Waals surface area (Å²) in [5.41, 5.74) is 2.78. The first-order valence-electron chi connectivity index (χ1n) is 10.0. The summed E-state index contributed by atoms with van der Waals surface area (Å²) in [6.07, 6.45) is 2.20. The van der Waals surface area contributed by atoms with Gasteiger partial charge in [0.25, 0.3) is 11.8 Å². The zero-order valence-electron chi connectivity index (χ0n) is 16.7. The van der Waals surface area contributed by atoms with Crippen molar-refractivity contribution in [2.45, 2.75) is 32.7 Å². The maximum atomic E-state index is 12.2. The molecule has 8 heteroatoms. The monoisotopic (exact) mass is 389 g/mol. The Morgan fingerprint density at radius 3 is 2.14 bits per heavy atom. The zero-order valence-corrected chi connectivity index (χ0v) is 16.7. The van der Waals surface area contributed by atoms with Gasteiger partial charge < -0.3 is 20.4 Å². The first-order valence-corrected chi connectivity index (χ1v) is 10.0. The minimum atomic E-state index is -0.502. The van der Waals surface area contributed by atoms with E-state index in [2.05, 4.69) is 16.0 Å². The van der Waals surface area contributed by atoms with Gasteiger partial charge in [-0.2, -0.15) is 0 Å². The van der Waals surface area contributed by atoms with Crippen molar-refractivity contribution in [1.29, 1.82) is 0 Å². The second-order valence-corrected chi connectivity index (χ2v) is 8.02. The number of imide groups is 1. The Kier molecular flexibility index (Phi) is 6.64. The number of amides is 4. The van der Waals surface area contributed by atoms with Gasteiger partial charge in [0.05, 0.1) is 0 Å². The van der Waals surface area contributed by atoms with E-state index in [-0.39, 0.29) is 18.4 Å². The molecule has 3 rings (SSSR count). The van der Waals surface area contributed by atoms with Crippen LogP contribution in [0.1, 0.15) is 24.0 Å². The molecule has 2 aliphatic rings. The number of carbonyl (C=O) groups excluding carboxylic acids is 3. The summed E-state index contributed by atoms with van der Waals surface area (Å²) in [5.74, 6) is -0.158. The number of quaternary nitrogens is 2. The maximum absolute atomic E-state index is 12.2. The Morgan fingerprint density at radius 1 is 0.964 bits per heavy atom. The quantitative estimate of drug-likeness (QED) is 0.390. The Hall–Kier alpha value is -2.45. The number of nitrogens with one attached hydrogen (secondary N) is 5. The van der Waals surface area contributed by atoms with Gasteiger partial charge in [-0.15, -0.1) is 0 Å². The van der Waals surface area contributed by atoms with Gasteiger partial charge in [0.2, 0.25) is 0 Å². The molecule has 0 radical (unpaired) electrons. The lowest BCUT2D eigenvalue weighted by molar-refractivity contribution is -1.00. The van der Waals surface area contributed by atoms with Crippen LogP contribution in [-0.4, -0.2) is 63.2 Å². The van der Waals surface area contributed by atoms with Crippen molar-refractivity contribution >= 4 is 23.5 Å². The Balaban J connectivity index is 1.35. The fourth-order valence-electron chi connectivity index (χ4n) is 3.55. The molecule has 4 amide bonds. The predicted molar refractivity (Wildman–Crippen MR) is 105 cm³/mol. The van der Waals surface area contributed by atoms with Gasteiger partial charge >= 0.3 is 6.03 Å². The largest absolute Gasteiger partial charge is 0.348 e. The average molecular weight is 390 g/mol. The number of hydrogen-bond acceptors (Lipinski definition) is 3. The Morgan fingerprint density at radius 2 is 1.57 bits per heavy atom. The SMILES string of the molecule is Cc1ccc(NC(=O)NC(=O)C[NH+]2CC[NH+](CC(=O)NC3CC3)CC2)c(C)c1. The number of piperazine rings is 1. The summed E-state index contributed by atoms with van der Waals surface area (Å²) in [5, 5.41) is 8.15. The van der Waals surface area contributed by atoms with Crippen molar-refractivity contribution in [3.05, 3.63) is 29.3 Å². The highest BCUT2D eigenvalue weighted by molar-refractivity contribution is 6.01. The summed E-state index contributed by atoms with van der Waals surface area (Å²) >= 11 is 0. The van der Waals surface area contributed by atoms with Crippen molar-refractivity contribution in [3.8, 4) is 0 Å². The first kappa shape index (κ1) is 20.3. The van der Waals surface area contributed by atoms with E-state index >= 15 is 0 Å². The highest BCUT2D eigenvalue weighted by Crippen LogP contribution is 2.18. The van der Waals surface area contributed by atoms with Crippen molar-refractivity contribution < 1.29 is 24.2 Å². The molecule has 1 aliphatic carbocycles. The number of aryl methyl sites for hydroxylation is 2. The van der Waals surface area contributed by atoms with E-state index in [1.807, 2.05) is 32.0 Å². The van der Waals surface area contributed by atoms with Gasteiger partial charge in [-0.3, -0.25) is 14.9 Å². The van der Waals surface area contributed by atoms with E-state index < -0.39 is 6.03 Å². The third-order valence-electron chi connectivity index (χ3n) is 5.31. The molecule has 1 heterocycles. The Bertz CT molecular complexity index is 739. The van der Waals surface area contributed by atoms with Crippen molar-refractivity contribution in [3.63, 3.8) is 0 Å². The average Bonchev–Trinajstić information content (AvgIpc) is 3.43. The standard InChI is InChI=1S/C20H29N5O3/c1-14-3-6-17(15(2)11-14)22-20(28)23-19(27)13-25-9-7-24(8-10-25)12-18(26)21-16-4-5-16/h3,6,11,16H,4-5,7-10,12-13H2,1-2H3,(H,21,26)(H2,22,23,27,28)/p+2. The van der Waals surface area contributed by atoms with Crippen LogP contribution in [-0.2, 0) is 9.59 Å². The number of hydrogen-bond donors (Lipinski definition) is 5. The first-order chi connectivity index (χ1) is 13.4. The molecule has 1 aliphatic heterocycles. The third kappa shape index (κ3) is 6.31. The second-order valence-electron chi connectivity index (χ2n) is 8.02. The van der Waals surface area contributed by atoms with Crippen LogP contribution >= 0.6 is 0 Å². The van der Waals surface area contributed by atoms with Crippen molar-refractivity contribution in [2.24, 2.45) is 0 Å². The number of rotatable bonds is 6. The third-order valence-corrected chi connectivity index (χ3v) is 5.31. The molecule has 1 aromatic rings. The van der Waals surface area contributed by atoms with Gasteiger partial charge in [-0.1, -0.05) is 17.7 Å². The normalized spacial score (nSPS) is 21.6. The van der Waals surface area contributed by atoms with Gasteiger partial charge in [-0.05, 0) is 38.3 Å². The molecular weight excluding hydrogens is 358 g/mol. The molecule has 8 nitrogen and oxygen atoms in total. The molecule has 5 N–H and O–H groups in total. The van der Waals surface area contributed by atoms with E-state index in [0.717, 1.165) is 55.0 Å². The highest BCUT2D eigenvalue weighted by atomic mass is 16.2. The van der Waals surface area contributed by atoms with Crippen LogP contribution in [0.5, 0.6) is 0 Å². The van der Waals surface area contributed by atoms with Crippen LogP contribution in [0.4, 0.5) is 10.5 Å². The predicted octanol–water partition coefficient (Wildman–Crippen LogP) is -1.99. The maximum Gasteiger partial charge on any atom is 0.326 e. The van der Waals surface area contributed by atoms with Crippen LogP contribution in [0.15, 0.2) is 18.2 Å². The lowest BCUT2D eigenvalue weighted by Gasteiger charge is -2.28. The summed E-state index contributed by atoms with van der Waals surface area (Å²) in [6, 6.07) is 5.63. The minimum Gasteiger partial charge on any atom is -0.348 e. The number of anilines is 1. The van der Waals surface area contributed by atoms with Crippen molar-refractivity contribution in [2.75, 3.05) is 44.6 Å². The summed E-state index contributed by atoms with van der Waals surface area (Å²) in [7, 11) is 0. The molecule has 152 valence electrons. The molecule has 2 fully saturated rings. The lowest BCUT2D eigenvalue weighted by Crippen LogP contribution is -3.28. The van der Waals surface area contributed by atoms with Crippen LogP contribution in [0.3, 0.4) is 0 Å².